The maximum atomic E-state index is 8.41. The first kappa shape index (κ1) is 15.4. The minimum absolute atomic E-state index is 0.324. The van der Waals surface area contributed by atoms with Crippen LogP contribution in [0, 0.1) is 0 Å². The van der Waals surface area contributed by atoms with Crippen molar-refractivity contribution in [1.82, 2.24) is 0 Å². The summed E-state index contributed by atoms with van der Waals surface area (Å²) < 4.78 is 4.42. The molecule has 1 atom stereocenters. The lowest BCUT2D eigenvalue weighted by Crippen LogP contribution is -1.88. The van der Waals surface area contributed by atoms with E-state index in [-0.39, 0.29) is 0 Å². The summed E-state index contributed by atoms with van der Waals surface area (Å²) in [6.45, 7) is 1.00. The molecule has 12 heavy (non-hydrogen) atoms. The van der Waals surface area contributed by atoms with Crippen LogP contribution >= 0.6 is 16.0 Å². The van der Waals surface area contributed by atoms with E-state index in [1.165, 1.54) is 12.6 Å². The number of hydrogen-bond acceptors (Lipinski definition) is 2. The summed E-state index contributed by atoms with van der Waals surface area (Å²) in [7, 11) is 2.66. The van der Waals surface area contributed by atoms with Gasteiger partial charge in [-0.05, 0) is 24.4 Å². The van der Waals surface area contributed by atoms with Gasteiger partial charge in [0.25, 0.3) is 0 Å². The van der Waals surface area contributed by atoms with Crippen LogP contribution in [0.15, 0.2) is 0 Å². The Kier molecular flexibility index (Phi) is 12.9. The van der Waals surface area contributed by atoms with E-state index in [4.69, 9.17) is 9.79 Å². The van der Waals surface area contributed by atoms with E-state index in [0.717, 1.165) is 6.42 Å². The molecule has 0 radical (unpaired) electrons. The third-order valence-corrected chi connectivity index (χ3v) is 2.16. The fraction of sp³-hybridized carbons (Fsp3) is 1.00. The maximum absolute atomic E-state index is 8.41. The molecule has 6 heteroatoms. The Morgan fingerprint density at radius 2 is 1.75 bits per heavy atom. The Morgan fingerprint density at radius 3 is 1.83 bits per heavy atom. The van der Waals surface area contributed by atoms with Gasteiger partial charge < -0.3 is 14.3 Å². The Balaban J connectivity index is 0. The van der Waals surface area contributed by atoms with Crippen molar-refractivity contribution in [2.24, 2.45) is 0 Å². The van der Waals surface area contributed by atoms with Gasteiger partial charge in [0.05, 0.1) is 6.61 Å². The molecule has 0 fully saturated rings. The van der Waals surface area contributed by atoms with Gasteiger partial charge >= 0.3 is 6.72 Å². The van der Waals surface area contributed by atoms with Gasteiger partial charge in [0.1, 0.15) is 0 Å². The zero-order valence-corrected chi connectivity index (χ0v) is 10.4. The fourth-order valence-corrected chi connectivity index (χ4v) is 0.854. The van der Waals surface area contributed by atoms with E-state index < -0.39 is 6.72 Å². The molecule has 0 heterocycles. The summed E-state index contributed by atoms with van der Waals surface area (Å²) in [4.78, 5) is 16.8. The lowest BCUT2D eigenvalue weighted by molar-refractivity contribution is 0.252. The maximum Gasteiger partial charge on any atom is 0.321 e. The van der Waals surface area contributed by atoms with Crippen LogP contribution < -0.4 is 0 Å². The Labute approximate surface area is 82.0 Å². The highest BCUT2D eigenvalue weighted by atomic mass is 32.5. The van der Waals surface area contributed by atoms with Crippen LogP contribution in [-0.4, -0.2) is 22.6 Å². The smallest absolute Gasteiger partial charge is 0.321 e. The molecule has 0 amide bonds. The highest BCUT2D eigenvalue weighted by Gasteiger charge is 2.04. The molecule has 0 aliphatic carbocycles. The van der Waals surface area contributed by atoms with Gasteiger partial charge in [-0.2, -0.15) is 0 Å². The zero-order valence-electron chi connectivity index (χ0n) is 7.56. The van der Waals surface area contributed by atoms with Crippen molar-refractivity contribution in [3.8, 4) is 0 Å². The van der Waals surface area contributed by atoms with E-state index in [2.05, 4.69) is 32.5 Å². The highest BCUT2D eigenvalue weighted by Crippen LogP contribution is 2.35. The van der Waals surface area contributed by atoms with Gasteiger partial charge in [0.15, 0.2) is 0 Å². The molecule has 76 valence electrons. The molecule has 0 aromatic rings. The number of hydrogen-bond donors (Lipinski definition) is 2. The molecule has 0 rings (SSSR count). The first-order valence-corrected chi connectivity index (χ1v) is 7.32. The Hall–Kier alpha value is 0.960. The van der Waals surface area contributed by atoms with Crippen molar-refractivity contribution < 1.29 is 14.3 Å². The van der Waals surface area contributed by atoms with Crippen LogP contribution in [0.5, 0.6) is 0 Å². The van der Waals surface area contributed by atoms with Crippen LogP contribution in [0.2, 0.25) is 0 Å². The van der Waals surface area contributed by atoms with Gasteiger partial charge in [-0.25, -0.2) is 0 Å². The van der Waals surface area contributed by atoms with Crippen LogP contribution in [0.1, 0.15) is 26.7 Å². The summed E-state index contributed by atoms with van der Waals surface area (Å²) in [5, 5.41) is 0. The van der Waals surface area contributed by atoms with Gasteiger partial charge in [-0.15, -0.1) is 9.24 Å². The van der Waals surface area contributed by atoms with Gasteiger partial charge in [-0.3, -0.25) is 0 Å². The summed E-state index contributed by atoms with van der Waals surface area (Å²) >= 11 is 4.15. The van der Waals surface area contributed by atoms with Crippen LogP contribution in [0.3, 0.4) is 0 Å². The average Bonchev–Trinajstić information content (AvgIpc) is 2.00. The minimum Gasteiger partial charge on any atom is -0.325 e. The van der Waals surface area contributed by atoms with Crippen molar-refractivity contribution in [2.75, 3.05) is 12.8 Å². The second-order valence-electron chi connectivity index (χ2n) is 2.11. The van der Waals surface area contributed by atoms with E-state index in [9.17, 15) is 0 Å². The quantitative estimate of drug-likeness (QED) is 0.727. The SMILES string of the molecule is CCCOP(O)(O)=S.CCCP. The van der Waals surface area contributed by atoms with Crippen LogP contribution in [-0.2, 0) is 16.3 Å². The second-order valence-corrected chi connectivity index (χ2v) is 5.36. The first-order chi connectivity index (χ1) is 5.47. The van der Waals surface area contributed by atoms with Crippen LogP contribution in [0.25, 0.3) is 0 Å². The third-order valence-electron chi connectivity index (χ3n) is 0.752. The molecule has 0 saturated carbocycles. The largest absolute Gasteiger partial charge is 0.325 e. The molecular weight excluding hydrogens is 214 g/mol. The third kappa shape index (κ3) is 22.4. The van der Waals surface area contributed by atoms with Gasteiger partial charge in [0, 0.05) is 0 Å². The molecule has 3 nitrogen and oxygen atoms in total. The topological polar surface area (TPSA) is 49.7 Å². The zero-order chi connectivity index (χ0) is 10.0. The summed E-state index contributed by atoms with van der Waals surface area (Å²) in [6.07, 6.45) is 3.27. The lowest BCUT2D eigenvalue weighted by atomic mass is 10.5. The molecule has 0 aliphatic heterocycles. The predicted molar refractivity (Wildman–Crippen MR) is 59.8 cm³/mol. The van der Waals surface area contributed by atoms with Crippen LogP contribution in [0.4, 0.5) is 0 Å². The van der Waals surface area contributed by atoms with Gasteiger partial charge in [0.2, 0.25) is 0 Å². The predicted octanol–water partition coefficient (Wildman–Crippen LogP) is 1.89. The van der Waals surface area contributed by atoms with Crippen molar-refractivity contribution in [2.45, 2.75) is 26.7 Å². The van der Waals surface area contributed by atoms with Crippen molar-refractivity contribution >= 4 is 27.8 Å². The normalized spacial score (nSPS) is 10.4. The van der Waals surface area contributed by atoms with Crippen molar-refractivity contribution in [1.29, 1.82) is 0 Å². The van der Waals surface area contributed by atoms with Gasteiger partial charge in [-0.1, -0.05) is 20.3 Å². The van der Waals surface area contributed by atoms with E-state index >= 15 is 0 Å². The summed E-state index contributed by atoms with van der Waals surface area (Å²) in [6, 6.07) is 0. The lowest BCUT2D eigenvalue weighted by Gasteiger charge is -2.04. The molecule has 0 spiro atoms. The molecule has 0 aromatic carbocycles. The number of rotatable bonds is 4. The fourth-order valence-electron chi connectivity index (χ4n) is 0.210. The summed E-state index contributed by atoms with van der Waals surface area (Å²) in [5.74, 6) is 0. The first-order valence-electron chi connectivity index (χ1n) is 3.88. The molecular formula is C6H18O3P2S. The molecule has 0 aromatic heterocycles. The highest BCUT2D eigenvalue weighted by molar-refractivity contribution is 8.06. The summed E-state index contributed by atoms with van der Waals surface area (Å²) in [5.41, 5.74) is 0. The molecule has 0 saturated heterocycles. The molecule has 0 bridgehead atoms. The van der Waals surface area contributed by atoms with E-state index in [1.54, 1.807) is 0 Å². The van der Waals surface area contributed by atoms with Crippen molar-refractivity contribution in [3.05, 3.63) is 0 Å². The standard InChI is InChI=1S/C3H9O3PS.C3H9P/c1-2-3-6-7(4,5)8;1-2-3-4/h2-3H2,1H3,(H2,4,5,8);2-4H2,1H3. The Morgan fingerprint density at radius 1 is 1.33 bits per heavy atom. The van der Waals surface area contributed by atoms with E-state index in [0.29, 0.717) is 6.61 Å². The average molecular weight is 232 g/mol. The monoisotopic (exact) mass is 232 g/mol. The van der Waals surface area contributed by atoms with E-state index in [1.807, 2.05) is 6.92 Å². The van der Waals surface area contributed by atoms with Crippen molar-refractivity contribution in [3.63, 3.8) is 0 Å². The second kappa shape index (κ2) is 10.0. The molecule has 1 unspecified atom stereocenters. The molecule has 0 aliphatic rings. The molecule has 2 N–H and O–H groups in total. The minimum atomic E-state index is -3.35. The Bertz CT molecular complexity index is 124.